The van der Waals surface area contributed by atoms with Crippen LogP contribution in [0.2, 0.25) is 0 Å². The summed E-state index contributed by atoms with van der Waals surface area (Å²) in [5, 5.41) is 13.9. The van der Waals surface area contributed by atoms with Gasteiger partial charge in [-0.3, -0.25) is 0 Å². The highest BCUT2D eigenvalue weighted by Gasteiger charge is 2.06. The Morgan fingerprint density at radius 2 is 1.47 bits per heavy atom. The Morgan fingerprint density at radius 3 is 2.16 bits per heavy atom. The highest BCUT2D eigenvalue weighted by Crippen LogP contribution is 2.25. The molecular formula is C17H17NO. The monoisotopic (exact) mass is 251 g/mol. The number of rotatable bonds is 3. The molecule has 2 heteroatoms. The van der Waals surface area contributed by atoms with Gasteiger partial charge in [0.2, 0.25) is 0 Å². The quantitative estimate of drug-likeness (QED) is 0.701. The second kappa shape index (κ2) is 5.00. The molecule has 0 aliphatic rings. The molecule has 0 aliphatic heterocycles. The number of benzene rings is 3. The summed E-state index contributed by atoms with van der Waals surface area (Å²) < 4.78 is 0. The molecule has 3 N–H and O–H groups in total. The largest absolute Gasteiger partial charge is 0.396 e. The second-order valence-electron chi connectivity index (χ2n) is 4.92. The van der Waals surface area contributed by atoms with Gasteiger partial charge in [-0.05, 0) is 51.7 Å². The van der Waals surface area contributed by atoms with Gasteiger partial charge in [-0.15, -0.1) is 0 Å². The fraction of sp³-hybridized carbons (Fsp3) is 0.176. The molecule has 0 fully saturated rings. The van der Waals surface area contributed by atoms with Gasteiger partial charge in [-0.1, -0.05) is 36.4 Å². The normalized spacial score (nSPS) is 12.9. The lowest BCUT2D eigenvalue weighted by Crippen LogP contribution is -2.11. The third-order valence-corrected chi connectivity index (χ3v) is 3.60. The first-order valence-corrected chi connectivity index (χ1v) is 6.57. The number of fused-ring (bicyclic) bond motifs is 2. The first kappa shape index (κ1) is 12.2. The Morgan fingerprint density at radius 1 is 0.842 bits per heavy atom. The van der Waals surface area contributed by atoms with E-state index >= 15 is 0 Å². The maximum absolute atomic E-state index is 8.97. The molecule has 0 unspecified atom stereocenters. The maximum atomic E-state index is 8.97. The molecule has 0 aliphatic carbocycles. The molecule has 3 aromatic rings. The van der Waals surface area contributed by atoms with E-state index in [1.165, 1.54) is 21.5 Å². The zero-order valence-electron chi connectivity index (χ0n) is 10.7. The van der Waals surface area contributed by atoms with Gasteiger partial charge in [0.25, 0.3) is 0 Å². The van der Waals surface area contributed by atoms with Crippen LogP contribution in [0.1, 0.15) is 18.0 Å². The number of nitrogens with two attached hydrogens (primary N) is 1. The molecule has 0 spiro atoms. The van der Waals surface area contributed by atoms with E-state index in [0.29, 0.717) is 6.42 Å². The summed E-state index contributed by atoms with van der Waals surface area (Å²) in [5.74, 6) is 0. The van der Waals surface area contributed by atoms with Gasteiger partial charge in [0, 0.05) is 12.6 Å². The van der Waals surface area contributed by atoms with Gasteiger partial charge in [0.1, 0.15) is 0 Å². The van der Waals surface area contributed by atoms with Gasteiger partial charge in [-0.2, -0.15) is 0 Å². The first-order chi connectivity index (χ1) is 9.28. The van der Waals surface area contributed by atoms with E-state index in [1.54, 1.807) is 0 Å². The van der Waals surface area contributed by atoms with Crippen molar-refractivity contribution < 1.29 is 5.11 Å². The number of hydrogen-bond acceptors (Lipinski definition) is 2. The first-order valence-electron chi connectivity index (χ1n) is 6.57. The van der Waals surface area contributed by atoms with Crippen LogP contribution in [0.15, 0.2) is 54.6 Å². The summed E-state index contributed by atoms with van der Waals surface area (Å²) in [7, 11) is 0. The minimum absolute atomic E-state index is 0.0964. The molecule has 0 bridgehead atoms. The van der Waals surface area contributed by atoms with Crippen molar-refractivity contribution in [2.24, 2.45) is 5.73 Å². The van der Waals surface area contributed by atoms with Crippen LogP contribution in [0.4, 0.5) is 0 Å². The van der Waals surface area contributed by atoms with Gasteiger partial charge >= 0.3 is 0 Å². The predicted octanol–water partition coefficient (Wildman–Crippen LogP) is 3.38. The smallest absolute Gasteiger partial charge is 0.0449 e. The molecule has 19 heavy (non-hydrogen) atoms. The zero-order chi connectivity index (χ0) is 13.2. The molecule has 3 rings (SSSR count). The van der Waals surface area contributed by atoms with E-state index in [9.17, 15) is 0 Å². The summed E-state index contributed by atoms with van der Waals surface area (Å²) in [4.78, 5) is 0. The Balaban J connectivity index is 2.14. The van der Waals surface area contributed by atoms with E-state index in [-0.39, 0.29) is 12.6 Å². The van der Waals surface area contributed by atoms with Crippen LogP contribution in [0, 0.1) is 0 Å². The topological polar surface area (TPSA) is 46.2 Å². The van der Waals surface area contributed by atoms with E-state index in [4.69, 9.17) is 10.8 Å². The Hall–Kier alpha value is -1.90. The molecule has 0 heterocycles. The summed E-state index contributed by atoms with van der Waals surface area (Å²) in [6, 6.07) is 18.9. The summed E-state index contributed by atoms with van der Waals surface area (Å²) in [5.41, 5.74) is 7.13. The lowest BCUT2D eigenvalue weighted by molar-refractivity contribution is 0.276. The van der Waals surface area contributed by atoms with Crippen molar-refractivity contribution in [3.05, 3.63) is 60.2 Å². The van der Waals surface area contributed by atoms with Crippen LogP contribution in [-0.2, 0) is 0 Å². The molecule has 1 atom stereocenters. The Bertz CT molecular complexity index is 721. The fourth-order valence-electron chi connectivity index (χ4n) is 2.49. The zero-order valence-corrected chi connectivity index (χ0v) is 10.7. The average molecular weight is 251 g/mol. The van der Waals surface area contributed by atoms with Crippen molar-refractivity contribution in [2.45, 2.75) is 12.5 Å². The highest BCUT2D eigenvalue weighted by molar-refractivity contribution is 5.98. The lowest BCUT2D eigenvalue weighted by atomic mass is 9.98. The van der Waals surface area contributed by atoms with Crippen molar-refractivity contribution in [3.8, 4) is 0 Å². The molecule has 0 saturated heterocycles. The SMILES string of the molecule is N[C@H](CCO)c1ccc2cc3ccccc3cc2c1. The minimum atomic E-state index is -0.0964. The molecule has 0 aromatic heterocycles. The molecule has 0 saturated carbocycles. The fourth-order valence-corrected chi connectivity index (χ4v) is 2.49. The van der Waals surface area contributed by atoms with Gasteiger partial charge in [-0.25, -0.2) is 0 Å². The third-order valence-electron chi connectivity index (χ3n) is 3.60. The van der Waals surface area contributed by atoms with Crippen molar-refractivity contribution in [3.63, 3.8) is 0 Å². The van der Waals surface area contributed by atoms with Gasteiger partial charge in [0.15, 0.2) is 0 Å². The standard InChI is InChI=1S/C17H17NO/c18-17(7-8-19)15-6-5-14-9-12-3-1-2-4-13(12)10-16(14)11-15/h1-6,9-11,17,19H,7-8,18H2/t17-/m1/s1. The van der Waals surface area contributed by atoms with E-state index in [1.807, 2.05) is 0 Å². The van der Waals surface area contributed by atoms with Crippen molar-refractivity contribution in [2.75, 3.05) is 6.61 Å². The van der Waals surface area contributed by atoms with Crippen LogP contribution in [0.5, 0.6) is 0 Å². The van der Waals surface area contributed by atoms with Gasteiger partial charge in [0.05, 0.1) is 0 Å². The number of aliphatic hydroxyl groups excluding tert-OH is 1. The number of aliphatic hydroxyl groups is 1. The summed E-state index contributed by atoms with van der Waals surface area (Å²) in [6.07, 6.45) is 0.596. The lowest BCUT2D eigenvalue weighted by Gasteiger charge is -2.11. The van der Waals surface area contributed by atoms with Crippen molar-refractivity contribution in [1.29, 1.82) is 0 Å². The third kappa shape index (κ3) is 2.33. The molecular weight excluding hydrogens is 234 g/mol. The van der Waals surface area contributed by atoms with Crippen LogP contribution >= 0.6 is 0 Å². The summed E-state index contributed by atoms with van der Waals surface area (Å²) >= 11 is 0. The minimum Gasteiger partial charge on any atom is -0.396 e. The molecule has 96 valence electrons. The molecule has 3 aromatic carbocycles. The summed E-state index contributed by atoms with van der Waals surface area (Å²) in [6.45, 7) is 0.122. The predicted molar refractivity (Wildman–Crippen MR) is 80.1 cm³/mol. The Kier molecular flexibility index (Phi) is 3.20. The average Bonchev–Trinajstić information content (AvgIpc) is 2.44. The van der Waals surface area contributed by atoms with Gasteiger partial charge < -0.3 is 10.8 Å². The van der Waals surface area contributed by atoms with Crippen molar-refractivity contribution in [1.82, 2.24) is 0 Å². The van der Waals surface area contributed by atoms with Crippen LogP contribution in [-0.4, -0.2) is 11.7 Å². The van der Waals surface area contributed by atoms with Crippen LogP contribution in [0.25, 0.3) is 21.5 Å². The maximum Gasteiger partial charge on any atom is 0.0449 e. The number of hydrogen-bond donors (Lipinski definition) is 2. The molecule has 0 radical (unpaired) electrons. The second-order valence-corrected chi connectivity index (χ2v) is 4.92. The van der Waals surface area contributed by atoms with E-state index in [0.717, 1.165) is 5.56 Å². The van der Waals surface area contributed by atoms with E-state index < -0.39 is 0 Å². The highest BCUT2D eigenvalue weighted by atomic mass is 16.3. The molecule has 2 nitrogen and oxygen atoms in total. The Labute approximate surface area is 112 Å². The van der Waals surface area contributed by atoms with Crippen LogP contribution in [0.3, 0.4) is 0 Å². The van der Waals surface area contributed by atoms with E-state index in [2.05, 4.69) is 54.6 Å². The molecule has 0 amide bonds. The van der Waals surface area contributed by atoms with Crippen molar-refractivity contribution >= 4 is 21.5 Å². The van der Waals surface area contributed by atoms with Crippen LogP contribution < -0.4 is 5.73 Å².